The monoisotopic (exact) mass is 433 g/mol. The summed E-state index contributed by atoms with van der Waals surface area (Å²) >= 11 is 6.17. The van der Waals surface area contributed by atoms with Gasteiger partial charge in [-0.25, -0.2) is 12.7 Å². The Labute approximate surface area is 176 Å². The molecule has 0 unspecified atom stereocenters. The molecule has 0 radical (unpaired) electrons. The summed E-state index contributed by atoms with van der Waals surface area (Å²) in [6.07, 6.45) is 6.27. The van der Waals surface area contributed by atoms with E-state index >= 15 is 0 Å². The number of nitrogens with zero attached hydrogens (tertiary/aromatic N) is 3. The fourth-order valence-electron chi connectivity index (χ4n) is 4.46. The van der Waals surface area contributed by atoms with Crippen molar-refractivity contribution in [2.75, 3.05) is 24.2 Å². The van der Waals surface area contributed by atoms with E-state index in [1.165, 1.54) is 10.6 Å². The fraction of sp³-hybridized carbons (Fsp3) is 0.429. The Kier molecular flexibility index (Phi) is 4.96. The predicted molar refractivity (Wildman–Crippen MR) is 114 cm³/mol. The van der Waals surface area contributed by atoms with Crippen LogP contribution in [0.3, 0.4) is 0 Å². The summed E-state index contributed by atoms with van der Waals surface area (Å²) in [6, 6.07) is 7.38. The van der Waals surface area contributed by atoms with Crippen molar-refractivity contribution in [3.05, 3.63) is 58.4 Å². The van der Waals surface area contributed by atoms with E-state index in [-0.39, 0.29) is 11.8 Å². The number of rotatable bonds is 3. The summed E-state index contributed by atoms with van der Waals surface area (Å²) in [5.74, 6) is 0.158. The van der Waals surface area contributed by atoms with Crippen LogP contribution < -0.4 is 4.90 Å². The highest BCUT2D eigenvalue weighted by Crippen LogP contribution is 2.43. The number of sulfonamides is 1. The zero-order chi connectivity index (χ0) is 21.0. The summed E-state index contributed by atoms with van der Waals surface area (Å²) in [5.41, 5.74) is 2.80. The largest absolute Gasteiger partial charge is 0.297 e. The van der Waals surface area contributed by atoms with Gasteiger partial charge < -0.3 is 0 Å². The van der Waals surface area contributed by atoms with E-state index in [9.17, 15) is 13.2 Å². The third kappa shape index (κ3) is 3.56. The Morgan fingerprint density at radius 3 is 2.48 bits per heavy atom. The van der Waals surface area contributed by atoms with E-state index < -0.39 is 15.6 Å². The third-order valence-corrected chi connectivity index (χ3v) is 7.57. The number of anilines is 1. The molecule has 1 amide bonds. The van der Waals surface area contributed by atoms with Crippen LogP contribution in [0.4, 0.5) is 5.69 Å². The molecule has 2 aliphatic heterocycles. The molecule has 154 valence electrons. The van der Waals surface area contributed by atoms with Gasteiger partial charge in [0.05, 0.1) is 23.7 Å². The van der Waals surface area contributed by atoms with Crippen molar-refractivity contribution >= 4 is 33.2 Å². The Balaban J connectivity index is 1.63. The van der Waals surface area contributed by atoms with Crippen molar-refractivity contribution in [3.8, 4) is 0 Å². The van der Waals surface area contributed by atoms with Crippen molar-refractivity contribution in [2.45, 2.75) is 38.1 Å². The molecule has 6 nitrogen and oxygen atoms in total. The van der Waals surface area contributed by atoms with Gasteiger partial charge in [0.2, 0.25) is 10.0 Å². The maximum atomic E-state index is 13.1. The van der Waals surface area contributed by atoms with E-state index in [2.05, 4.69) is 4.98 Å². The molecular formula is C21H24ClN3O3S. The van der Waals surface area contributed by atoms with Crippen LogP contribution in [-0.2, 0) is 15.6 Å². The lowest BCUT2D eigenvalue weighted by molar-refractivity contribution is 0.0982. The molecule has 0 spiro atoms. The quantitative estimate of drug-likeness (QED) is 0.738. The first-order chi connectivity index (χ1) is 13.6. The lowest BCUT2D eigenvalue weighted by atomic mass is 9.90. The predicted octanol–water partition coefficient (Wildman–Crippen LogP) is 3.77. The number of aromatic nitrogens is 1. The molecule has 1 aromatic heterocycles. The number of pyridine rings is 1. The van der Waals surface area contributed by atoms with Gasteiger partial charge in [-0.1, -0.05) is 11.6 Å². The first kappa shape index (κ1) is 20.3. The van der Waals surface area contributed by atoms with Gasteiger partial charge in [-0.05, 0) is 68.0 Å². The Morgan fingerprint density at radius 1 is 1.14 bits per heavy atom. The second kappa shape index (κ2) is 7.07. The van der Waals surface area contributed by atoms with Crippen LogP contribution in [0.2, 0.25) is 5.02 Å². The van der Waals surface area contributed by atoms with Crippen LogP contribution in [0.1, 0.15) is 54.1 Å². The third-order valence-electron chi connectivity index (χ3n) is 6.03. The van der Waals surface area contributed by atoms with Crippen LogP contribution in [0.25, 0.3) is 0 Å². The topological polar surface area (TPSA) is 70.6 Å². The standard InChI is InChI=1S/C21H24ClN3O3S/c1-21(2)19-11-16(22)4-5-18(19)20(26)25(21)17-10-15(12-23-13-17)14-6-8-24(9-7-14)29(3,27)28/h4-5,10-14H,6-9H2,1-3H3. The van der Waals surface area contributed by atoms with Gasteiger partial charge in [-0.2, -0.15) is 0 Å². The molecule has 0 aliphatic carbocycles. The average molecular weight is 434 g/mol. The SMILES string of the molecule is CC1(C)c2cc(Cl)ccc2C(=O)N1c1cncc(C2CCN(S(C)(=O)=O)CC2)c1. The number of piperidine rings is 1. The average Bonchev–Trinajstić information content (AvgIpc) is 2.86. The molecule has 1 fully saturated rings. The number of hydrogen-bond donors (Lipinski definition) is 0. The van der Waals surface area contributed by atoms with Gasteiger partial charge in [0, 0.05) is 29.9 Å². The molecule has 4 rings (SSSR count). The van der Waals surface area contributed by atoms with Crippen molar-refractivity contribution in [2.24, 2.45) is 0 Å². The fourth-order valence-corrected chi connectivity index (χ4v) is 5.50. The minimum Gasteiger partial charge on any atom is -0.297 e. The van der Waals surface area contributed by atoms with E-state index in [0.29, 0.717) is 23.7 Å². The molecule has 2 aliphatic rings. The number of fused-ring (bicyclic) bond motifs is 1. The van der Waals surface area contributed by atoms with Crippen LogP contribution in [0.5, 0.6) is 0 Å². The molecule has 29 heavy (non-hydrogen) atoms. The van der Waals surface area contributed by atoms with Crippen LogP contribution in [-0.4, -0.2) is 43.0 Å². The van der Waals surface area contributed by atoms with Crippen LogP contribution in [0, 0.1) is 0 Å². The smallest absolute Gasteiger partial charge is 0.259 e. The number of benzene rings is 1. The van der Waals surface area contributed by atoms with Gasteiger partial charge in [0.15, 0.2) is 0 Å². The Hall–Kier alpha value is -1.96. The minimum absolute atomic E-state index is 0.0625. The number of carbonyl (C=O) groups is 1. The minimum atomic E-state index is -3.16. The lowest BCUT2D eigenvalue weighted by Gasteiger charge is -2.34. The molecule has 3 heterocycles. The summed E-state index contributed by atoms with van der Waals surface area (Å²) in [4.78, 5) is 19.3. The first-order valence-electron chi connectivity index (χ1n) is 9.63. The zero-order valence-electron chi connectivity index (χ0n) is 16.7. The van der Waals surface area contributed by atoms with Crippen molar-refractivity contribution in [1.82, 2.24) is 9.29 Å². The highest BCUT2D eigenvalue weighted by molar-refractivity contribution is 7.88. The van der Waals surface area contributed by atoms with Gasteiger partial charge in [-0.15, -0.1) is 0 Å². The number of amides is 1. The molecule has 1 aromatic carbocycles. The molecule has 0 bridgehead atoms. The first-order valence-corrected chi connectivity index (χ1v) is 11.9. The Bertz CT molecular complexity index is 1080. The maximum Gasteiger partial charge on any atom is 0.259 e. The van der Waals surface area contributed by atoms with Gasteiger partial charge in [0.1, 0.15) is 0 Å². The number of hydrogen-bond acceptors (Lipinski definition) is 4. The summed E-state index contributed by atoms with van der Waals surface area (Å²) in [6.45, 7) is 5.02. The highest BCUT2D eigenvalue weighted by Gasteiger charge is 2.44. The number of carbonyl (C=O) groups excluding carboxylic acids is 1. The van der Waals surface area contributed by atoms with Gasteiger partial charge in [-0.3, -0.25) is 14.7 Å². The summed E-state index contributed by atoms with van der Waals surface area (Å²) < 4.78 is 25.0. The molecule has 0 N–H and O–H groups in total. The molecule has 0 saturated carbocycles. The molecular weight excluding hydrogens is 410 g/mol. The zero-order valence-corrected chi connectivity index (χ0v) is 18.3. The van der Waals surface area contributed by atoms with E-state index in [4.69, 9.17) is 11.6 Å². The van der Waals surface area contributed by atoms with E-state index in [0.717, 1.165) is 29.7 Å². The second-order valence-corrected chi connectivity index (χ2v) is 10.7. The van der Waals surface area contributed by atoms with Crippen molar-refractivity contribution < 1.29 is 13.2 Å². The van der Waals surface area contributed by atoms with Crippen molar-refractivity contribution in [3.63, 3.8) is 0 Å². The van der Waals surface area contributed by atoms with E-state index in [1.807, 2.05) is 32.2 Å². The number of halogens is 1. The second-order valence-electron chi connectivity index (χ2n) is 8.30. The normalized spacial score (nSPS) is 20.1. The molecule has 1 saturated heterocycles. The maximum absolute atomic E-state index is 13.1. The molecule has 2 aromatic rings. The molecule has 8 heteroatoms. The molecule has 0 atom stereocenters. The summed E-state index contributed by atoms with van der Waals surface area (Å²) in [5, 5.41) is 0.607. The highest BCUT2D eigenvalue weighted by atomic mass is 35.5. The van der Waals surface area contributed by atoms with Gasteiger partial charge in [0.25, 0.3) is 5.91 Å². The van der Waals surface area contributed by atoms with Crippen LogP contribution >= 0.6 is 11.6 Å². The van der Waals surface area contributed by atoms with Gasteiger partial charge >= 0.3 is 0 Å². The van der Waals surface area contributed by atoms with Crippen molar-refractivity contribution in [1.29, 1.82) is 0 Å². The lowest BCUT2D eigenvalue weighted by Crippen LogP contribution is -2.39. The van der Waals surface area contributed by atoms with Crippen LogP contribution in [0.15, 0.2) is 36.7 Å². The summed E-state index contributed by atoms with van der Waals surface area (Å²) in [7, 11) is -3.16. The Morgan fingerprint density at radius 2 is 1.83 bits per heavy atom. The van der Waals surface area contributed by atoms with E-state index in [1.54, 1.807) is 23.2 Å².